The summed E-state index contributed by atoms with van der Waals surface area (Å²) in [7, 11) is 0. The van der Waals surface area contributed by atoms with Crippen molar-refractivity contribution in [3.05, 3.63) is 27.6 Å². The molecule has 8 heteroatoms. The quantitative estimate of drug-likeness (QED) is 0.580. The number of aromatic nitrogens is 1. The third kappa shape index (κ3) is 2.15. The van der Waals surface area contributed by atoms with E-state index in [-0.39, 0.29) is 17.9 Å². The lowest BCUT2D eigenvalue weighted by atomic mass is 10.2. The first-order chi connectivity index (χ1) is 6.97. The van der Waals surface area contributed by atoms with Crippen molar-refractivity contribution in [1.29, 1.82) is 0 Å². The van der Waals surface area contributed by atoms with Gasteiger partial charge in [-0.3, -0.25) is 10.1 Å². The Morgan fingerprint density at radius 2 is 2.20 bits per heavy atom. The van der Waals surface area contributed by atoms with Gasteiger partial charge in [-0.2, -0.15) is 0 Å². The molecule has 1 aromatic heterocycles. The van der Waals surface area contributed by atoms with Crippen LogP contribution in [0.25, 0.3) is 0 Å². The van der Waals surface area contributed by atoms with Gasteiger partial charge in [0, 0.05) is 12.6 Å². The summed E-state index contributed by atoms with van der Waals surface area (Å²) in [4.78, 5) is 13.1. The Kier molecular flexibility index (Phi) is 3.10. The Labute approximate surface area is 83.0 Å². The van der Waals surface area contributed by atoms with Gasteiger partial charge in [0.1, 0.15) is 11.4 Å². The number of nitrogens with zero attached hydrogens (tertiary/aromatic N) is 2. The predicted octanol–water partition coefficient (Wildman–Crippen LogP) is 0.968. The van der Waals surface area contributed by atoms with Gasteiger partial charge in [-0.1, -0.05) is 0 Å². The van der Waals surface area contributed by atoms with Crippen LogP contribution in [0.4, 0.5) is 20.2 Å². The highest BCUT2D eigenvalue weighted by Crippen LogP contribution is 2.28. The van der Waals surface area contributed by atoms with Gasteiger partial charge in [-0.25, -0.2) is 13.8 Å². The zero-order chi connectivity index (χ0) is 11.6. The molecule has 0 fully saturated rings. The number of alkyl halides is 2. The summed E-state index contributed by atoms with van der Waals surface area (Å²) in [6.07, 6.45) is -2.89. The average Bonchev–Trinajstić information content (AvgIpc) is 2.17. The van der Waals surface area contributed by atoms with E-state index < -0.39 is 22.7 Å². The highest BCUT2D eigenvalue weighted by Gasteiger charge is 2.21. The van der Waals surface area contributed by atoms with Crippen LogP contribution in [-0.4, -0.2) is 9.91 Å². The molecular formula is C7H8F2N4O2. The molecule has 0 unspecified atom stereocenters. The molecule has 1 aromatic rings. The van der Waals surface area contributed by atoms with Crippen molar-refractivity contribution in [3.63, 3.8) is 0 Å². The molecular weight excluding hydrogens is 210 g/mol. The number of nitrogens with two attached hydrogens (primary N) is 2. The minimum Gasteiger partial charge on any atom is -0.392 e. The van der Waals surface area contributed by atoms with Gasteiger partial charge in [0.15, 0.2) is 0 Å². The third-order valence-corrected chi connectivity index (χ3v) is 1.75. The molecule has 0 aliphatic rings. The Morgan fingerprint density at radius 1 is 1.60 bits per heavy atom. The molecule has 0 bridgehead atoms. The lowest BCUT2D eigenvalue weighted by Gasteiger charge is -2.06. The van der Waals surface area contributed by atoms with Crippen molar-refractivity contribution in [2.24, 2.45) is 5.73 Å². The maximum atomic E-state index is 12.3. The van der Waals surface area contributed by atoms with Crippen molar-refractivity contribution < 1.29 is 13.7 Å². The van der Waals surface area contributed by atoms with Crippen LogP contribution in [0.1, 0.15) is 17.8 Å². The largest absolute Gasteiger partial charge is 0.392 e. The summed E-state index contributed by atoms with van der Waals surface area (Å²) >= 11 is 0. The molecule has 6 nitrogen and oxygen atoms in total. The van der Waals surface area contributed by atoms with E-state index >= 15 is 0 Å². The highest BCUT2D eigenvalue weighted by atomic mass is 19.3. The van der Waals surface area contributed by atoms with E-state index in [0.29, 0.717) is 6.07 Å². The summed E-state index contributed by atoms with van der Waals surface area (Å²) in [6, 6.07) is 0.652. The Bertz CT molecular complexity index is 397. The molecule has 4 N–H and O–H groups in total. The van der Waals surface area contributed by atoms with Crippen LogP contribution >= 0.6 is 0 Å². The molecule has 0 aromatic carbocycles. The summed E-state index contributed by atoms with van der Waals surface area (Å²) in [5, 5.41) is 10.5. The fourth-order valence-electron chi connectivity index (χ4n) is 1.03. The van der Waals surface area contributed by atoms with E-state index in [9.17, 15) is 18.9 Å². The number of hydrogen-bond donors (Lipinski definition) is 2. The number of anilines is 1. The number of nitrogen functional groups attached to an aromatic ring is 1. The first-order valence-corrected chi connectivity index (χ1v) is 3.89. The summed E-state index contributed by atoms with van der Waals surface area (Å²) in [5.74, 6) is 0. The molecule has 0 aliphatic heterocycles. The first kappa shape index (κ1) is 11.2. The van der Waals surface area contributed by atoms with Crippen LogP contribution in [0.5, 0.6) is 0 Å². The van der Waals surface area contributed by atoms with Crippen LogP contribution in [-0.2, 0) is 6.54 Å². The zero-order valence-electron chi connectivity index (χ0n) is 7.48. The molecule has 0 atom stereocenters. The van der Waals surface area contributed by atoms with Gasteiger partial charge in [0.2, 0.25) is 0 Å². The fraction of sp³-hybridized carbons (Fsp3) is 0.286. The molecule has 0 radical (unpaired) electrons. The van der Waals surface area contributed by atoms with E-state index in [0.717, 1.165) is 0 Å². The maximum absolute atomic E-state index is 12.3. The van der Waals surface area contributed by atoms with Gasteiger partial charge in [-0.05, 0) is 0 Å². The van der Waals surface area contributed by atoms with Gasteiger partial charge in [0.05, 0.1) is 10.6 Å². The Balaban J connectivity index is 3.38. The maximum Gasteiger partial charge on any atom is 0.296 e. The van der Waals surface area contributed by atoms with E-state index in [2.05, 4.69) is 4.98 Å². The van der Waals surface area contributed by atoms with Crippen LogP contribution in [0.15, 0.2) is 6.07 Å². The third-order valence-electron chi connectivity index (χ3n) is 1.75. The molecule has 0 amide bonds. The topological polar surface area (TPSA) is 108 Å². The predicted molar refractivity (Wildman–Crippen MR) is 48.2 cm³/mol. The van der Waals surface area contributed by atoms with Crippen LogP contribution < -0.4 is 11.5 Å². The standard InChI is InChI=1S/C7H8F2N4O2/c8-7(9)3-1-5(13(14)15)6(11)4(2-10)12-3/h1,7H,2,10-11H2. The molecule has 15 heavy (non-hydrogen) atoms. The smallest absolute Gasteiger partial charge is 0.296 e. The van der Waals surface area contributed by atoms with Gasteiger partial charge in [-0.15, -0.1) is 0 Å². The highest BCUT2D eigenvalue weighted by molar-refractivity contribution is 5.61. The van der Waals surface area contributed by atoms with Crippen molar-refractivity contribution in [1.82, 2.24) is 4.98 Å². The van der Waals surface area contributed by atoms with Crippen molar-refractivity contribution in [3.8, 4) is 0 Å². The number of halogens is 2. The van der Waals surface area contributed by atoms with Crippen molar-refractivity contribution in [2.75, 3.05) is 5.73 Å². The summed E-state index contributed by atoms with van der Waals surface area (Å²) in [6.45, 7) is -0.229. The first-order valence-electron chi connectivity index (χ1n) is 3.89. The van der Waals surface area contributed by atoms with E-state index in [1.54, 1.807) is 0 Å². The van der Waals surface area contributed by atoms with E-state index in [1.165, 1.54) is 0 Å². The average molecular weight is 218 g/mol. The second kappa shape index (κ2) is 4.13. The molecule has 1 heterocycles. The molecule has 0 aliphatic carbocycles. The number of rotatable bonds is 3. The molecule has 1 rings (SSSR count). The second-order valence-electron chi connectivity index (χ2n) is 2.69. The fourth-order valence-corrected chi connectivity index (χ4v) is 1.03. The van der Waals surface area contributed by atoms with E-state index in [1.807, 2.05) is 0 Å². The van der Waals surface area contributed by atoms with E-state index in [4.69, 9.17) is 11.5 Å². The second-order valence-corrected chi connectivity index (χ2v) is 2.69. The minimum atomic E-state index is -2.89. The lowest BCUT2D eigenvalue weighted by molar-refractivity contribution is -0.384. The number of pyridine rings is 1. The number of hydrogen-bond acceptors (Lipinski definition) is 5. The SMILES string of the molecule is NCc1nc(C(F)F)cc([N+](=O)[O-])c1N. The molecule has 0 saturated heterocycles. The summed E-state index contributed by atoms with van der Waals surface area (Å²) < 4.78 is 24.6. The van der Waals surface area contributed by atoms with Gasteiger partial charge >= 0.3 is 0 Å². The summed E-state index contributed by atoms with van der Waals surface area (Å²) in [5.41, 5.74) is 8.85. The van der Waals surface area contributed by atoms with Crippen LogP contribution in [0.2, 0.25) is 0 Å². The lowest BCUT2D eigenvalue weighted by Crippen LogP contribution is -2.09. The minimum absolute atomic E-state index is 0.0977. The van der Waals surface area contributed by atoms with Gasteiger partial charge in [0.25, 0.3) is 12.1 Å². The van der Waals surface area contributed by atoms with Crippen molar-refractivity contribution >= 4 is 11.4 Å². The van der Waals surface area contributed by atoms with Crippen LogP contribution in [0.3, 0.4) is 0 Å². The Morgan fingerprint density at radius 3 is 2.60 bits per heavy atom. The molecule has 82 valence electrons. The number of nitro groups is 1. The molecule has 0 saturated carbocycles. The van der Waals surface area contributed by atoms with Crippen LogP contribution in [0, 0.1) is 10.1 Å². The zero-order valence-corrected chi connectivity index (χ0v) is 7.48. The normalized spacial score (nSPS) is 10.7. The Hall–Kier alpha value is -1.83. The monoisotopic (exact) mass is 218 g/mol. The molecule has 0 spiro atoms. The van der Waals surface area contributed by atoms with Gasteiger partial charge < -0.3 is 11.5 Å². The van der Waals surface area contributed by atoms with Crippen molar-refractivity contribution in [2.45, 2.75) is 13.0 Å².